The van der Waals surface area contributed by atoms with E-state index in [2.05, 4.69) is 6.58 Å². The van der Waals surface area contributed by atoms with Gasteiger partial charge >= 0.3 is 0 Å². The first-order valence-electron chi connectivity index (χ1n) is 10.0. The third kappa shape index (κ3) is 7.63. The van der Waals surface area contributed by atoms with Crippen molar-refractivity contribution in [1.82, 2.24) is 0 Å². The molecule has 30 heavy (non-hydrogen) atoms. The highest BCUT2D eigenvalue weighted by Crippen LogP contribution is 2.25. The van der Waals surface area contributed by atoms with Crippen LogP contribution in [0.1, 0.15) is 39.0 Å². The Kier molecular flexibility index (Phi) is 10.1. The summed E-state index contributed by atoms with van der Waals surface area (Å²) < 4.78 is 22.7. The molecule has 2 unspecified atom stereocenters. The van der Waals surface area contributed by atoms with E-state index >= 15 is 0 Å². The third-order valence-electron chi connectivity index (χ3n) is 4.54. The Morgan fingerprint density at radius 1 is 1.37 bits per heavy atom. The maximum Gasteiger partial charge on any atom is 0.159 e. The van der Waals surface area contributed by atoms with Gasteiger partial charge in [0.05, 0.1) is 18.1 Å². The topological polar surface area (TPSA) is 91.3 Å². The molecule has 166 valence electrons. The van der Waals surface area contributed by atoms with Crippen molar-refractivity contribution in [2.75, 3.05) is 25.7 Å². The van der Waals surface area contributed by atoms with Crippen molar-refractivity contribution in [1.29, 1.82) is 0 Å². The molecule has 0 aromatic rings. The molecule has 1 N–H and O–H groups in total. The van der Waals surface area contributed by atoms with Crippen molar-refractivity contribution in [2.24, 2.45) is 0 Å². The van der Waals surface area contributed by atoms with Gasteiger partial charge < -0.3 is 24.1 Å². The van der Waals surface area contributed by atoms with Crippen LogP contribution in [-0.2, 0) is 28.5 Å². The third-order valence-corrected chi connectivity index (χ3v) is 4.78. The summed E-state index contributed by atoms with van der Waals surface area (Å²) >= 11 is 6.02. The summed E-state index contributed by atoms with van der Waals surface area (Å²) in [6.45, 7) is 6.76. The lowest BCUT2D eigenvalue weighted by molar-refractivity contribution is -0.167. The Bertz CT molecular complexity index is 717. The summed E-state index contributed by atoms with van der Waals surface area (Å²) in [6.07, 6.45) is 5.84. The molecule has 7 nitrogen and oxygen atoms in total. The quantitative estimate of drug-likeness (QED) is 0.130. The van der Waals surface area contributed by atoms with Crippen molar-refractivity contribution in [2.45, 2.75) is 51.4 Å². The number of aliphatic hydroxyl groups excluding tert-OH is 1. The SMILES string of the molecule is C=C(C)/C=C(OCCOC1CCCCO1)\C(C=O)=C(/CCl)OC1CCC(=O)C=C1O. The van der Waals surface area contributed by atoms with Crippen LogP contribution in [0.3, 0.4) is 0 Å². The number of aliphatic hydroxyl groups is 1. The number of ether oxygens (including phenoxy) is 4. The maximum absolute atomic E-state index is 11.9. The highest BCUT2D eigenvalue weighted by molar-refractivity contribution is 6.19. The van der Waals surface area contributed by atoms with Crippen LogP contribution in [0.15, 0.2) is 47.2 Å². The Balaban J connectivity index is 2.08. The van der Waals surface area contributed by atoms with Crippen molar-refractivity contribution < 1.29 is 33.6 Å². The number of ketones is 1. The molecule has 0 aromatic heterocycles. The second-order valence-corrected chi connectivity index (χ2v) is 7.41. The summed E-state index contributed by atoms with van der Waals surface area (Å²) in [6, 6.07) is 0. The summed E-state index contributed by atoms with van der Waals surface area (Å²) in [5.74, 6) is -0.0831. The number of alkyl halides is 1. The van der Waals surface area contributed by atoms with E-state index in [4.69, 9.17) is 30.5 Å². The molecule has 0 radical (unpaired) electrons. The zero-order chi connectivity index (χ0) is 21.9. The zero-order valence-electron chi connectivity index (χ0n) is 17.2. The number of aldehydes is 1. The molecular weight excluding hydrogens is 412 g/mol. The number of hydrogen-bond donors (Lipinski definition) is 1. The molecule has 0 spiro atoms. The molecule has 0 bridgehead atoms. The van der Waals surface area contributed by atoms with Crippen LogP contribution in [0.5, 0.6) is 0 Å². The zero-order valence-corrected chi connectivity index (χ0v) is 18.0. The fraction of sp³-hybridized carbons (Fsp3) is 0.545. The number of hydrogen-bond acceptors (Lipinski definition) is 7. The van der Waals surface area contributed by atoms with Crippen LogP contribution in [-0.4, -0.2) is 55.3 Å². The van der Waals surface area contributed by atoms with E-state index in [1.54, 1.807) is 13.0 Å². The molecule has 1 saturated heterocycles. The molecular formula is C22H29ClO7. The van der Waals surface area contributed by atoms with Crippen LogP contribution in [0, 0.1) is 0 Å². The van der Waals surface area contributed by atoms with E-state index < -0.39 is 6.10 Å². The normalized spacial score (nSPS) is 23.3. The molecule has 2 atom stereocenters. The largest absolute Gasteiger partial charge is 0.508 e. The van der Waals surface area contributed by atoms with Crippen molar-refractivity contribution >= 4 is 23.7 Å². The van der Waals surface area contributed by atoms with Crippen LogP contribution < -0.4 is 0 Å². The summed E-state index contributed by atoms with van der Waals surface area (Å²) in [7, 11) is 0. The second kappa shape index (κ2) is 12.6. The Morgan fingerprint density at radius 3 is 2.77 bits per heavy atom. The monoisotopic (exact) mass is 440 g/mol. The Hall–Kier alpha value is -2.09. The number of rotatable bonds is 11. The molecule has 2 rings (SSSR count). The van der Waals surface area contributed by atoms with Crippen molar-refractivity contribution in [3.63, 3.8) is 0 Å². The van der Waals surface area contributed by atoms with Gasteiger partial charge in [-0.3, -0.25) is 9.59 Å². The standard InChI is InChI=1S/C22H29ClO7/c1-15(2)11-20(27-9-10-29-22-5-3-4-8-28-22)17(14-24)21(13-23)30-19-7-6-16(25)12-18(19)26/h11-12,14,19,22,26H,1,3-10,13H2,2H3/b20-11+,21-17+. The Morgan fingerprint density at radius 2 is 2.17 bits per heavy atom. The summed E-state index contributed by atoms with van der Waals surface area (Å²) in [4.78, 5) is 23.3. The molecule has 0 amide bonds. The smallest absolute Gasteiger partial charge is 0.159 e. The fourth-order valence-corrected chi connectivity index (χ4v) is 3.27. The predicted octanol–water partition coefficient (Wildman–Crippen LogP) is 3.89. The average molecular weight is 441 g/mol. The van der Waals surface area contributed by atoms with Gasteiger partial charge in [0.25, 0.3) is 0 Å². The van der Waals surface area contributed by atoms with Crippen molar-refractivity contribution in [3.8, 4) is 0 Å². The lowest BCUT2D eigenvalue weighted by Gasteiger charge is -2.24. The lowest BCUT2D eigenvalue weighted by atomic mass is 10.0. The number of halogens is 1. The van der Waals surface area contributed by atoms with Crippen LogP contribution in [0.2, 0.25) is 0 Å². The molecule has 0 aromatic carbocycles. The predicted molar refractivity (Wildman–Crippen MR) is 112 cm³/mol. The molecule has 1 fully saturated rings. The van der Waals surface area contributed by atoms with Gasteiger partial charge in [-0.1, -0.05) is 12.2 Å². The molecule has 2 aliphatic rings. The molecule has 1 aliphatic heterocycles. The molecule has 8 heteroatoms. The molecule has 1 heterocycles. The van der Waals surface area contributed by atoms with Crippen LogP contribution in [0.4, 0.5) is 0 Å². The number of carbonyl (C=O) groups excluding carboxylic acids is 2. The van der Waals surface area contributed by atoms with Gasteiger partial charge in [0, 0.05) is 19.1 Å². The van der Waals surface area contributed by atoms with Gasteiger partial charge in [-0.15, -0.1) is 11.6 Å². The highest BCUT2D eigenvalue weighted by atomic mass is 35.5. The maximum atomic E-state index is 11.9. The first-order chi connectivity index (χ1) is 14.4. The van der Waals surface area contributed by atoms with Gasteiger partial charge in [-0.2, -0.15) is 0 Å². The van der Waals surface area contributed by atoms with E-state index in [0.717, 1.165) is 25.3 Å². The summed E-state index contributed by atoms with van der Waals surface area (Å²) in [5.41, 5.74) is 0.785. The van der Waals surface area contributed by atoms with E-state index in [1.165, 1.54) is 0 Å². The van der Waals surface area contributed by atoms with Crippen molar-refractivity contribution in [3.05, 3.63) is 47.2 Å². The first-order valence-corrected chi connectivity index (χ1v) is 10.6. The minimum atomic E-state index is -0.746. The molecule has 1 aliphatic carbocycles. The number of allylic oxidation sites excluding steroid dienone is 5. The lowest BCUT2D eigenvalue weighted by Crippen LogP contribution is -2.24. The molecule has 0 saturated carbocycles. The van der Waals surface area contributed by atoms with E-state index in [1.807, 2.05) is 0 Å². The summed E-state index contributed by atoms with van der Waals surface area (Å²) in [5, 5.41) is 9.99. The highest BCUT2D eigenvalue weighted by Gasteiger charge is 2.25. The van der Waals surface area contributed by atoms with E-state index in [9.17, 15) is 14.7 Å². The van der Waals surface area contributed by atoms with Gasteiger partial charge in [0.1, 0.15) is 23.9 Å². The van der Waals surface area contributed by atoms with E-state index in [0.29, 0.717) is 24.9 Å². The fourth-order valence-electron chi connectivity index (χ4n) is 3.07. The van der Waals surface area contributed by atoms with Gasteiger partial charge in [-0.25, -0.2) is 0 Å². The van der Waals surface area contributed by atoms with Crippen LogP contribution in [0.25, 0.3) is 0 Å². The van der Waals surface area contributed by atoms with Gasteiger partial charge in [0.2, 0.25) is 0 Å². The number of carbonyl (C=O) groups is 2. The average Bonchev–Trinajstić information content (AvgIpc) is 2.72. The van der Waals surface area contributed by atoms with Gasteiger partial charge in [0.15, 0.2) is 24.5 Å². The minimum Gasteiger partial charge on any atom is -0.508 e. The minimum absolute atomic E-state index is 0.116. The van der Waals surface area contributed by atoms with E-state index in [-0.39, 0.29) is 60.4 Å². The van der Waals surface area contributed by atoms with Crippen LogP contribution >= 0.6 is 11.6 Å². The van der Waals surface area contributed by atoms with Gasteiger partial charge in [-0.05, 0) is 38.7 Å². The first kappa shape index (κ1) is 24.2. The Labute approximate surface area is 182 Å². The second-order valence-electron chi connectivity index (χ2n) is 7.14.